The van der Waals surface area contributed by atoms with E-state index in [1.807, 2.05) is 18.2 Å². The van der Waals surface area contributed by atoms with Crippen LogP contribution in [-0.4, -0.2) is 61.3 Å². The molecule has 3 aromatic rings. The van der Waals surface area contributed by atoms with Gasteiger partial charge in [0.2, 0.25) is 16.3 Å². The maximum absolute atomic E-state index is 13.9. The lowest BCUT2D eigenvalue weighted by atomic mass is 9.87. The highest BCUT2D eigenvalue weighted by Crippen LogP contribution is 2.40. The number of hydrogen-bond donors (Lipinski definition) is 2. The van der Waals surface area contributed by atoms with Crippen LogP contribution in [0.3, 0.4) is 0 Å². The van der Waals surface area contributed by atoms with Gasteiger partial charge in [-0.3, -0.25) is 4.79 Å². The first-order valence-corrected chi connectivity index (χ1v) is 15.5. The third kappa shape index (κ3) is 8.17. The summed E-state index contributed by atoms with van der Waals surface area (Å²) in [5.41, 5.74) is -0.853. The molecule has 1 heterocycles. The summed E-state index contributed by atoms with van der Waals surface area (Å²) in [6.07, 6.45) is -2.67. The number of nitrogens with zero attached hydrogens (tertiary/aromatic N) is 1. The van der Waals surface area contributed by atoms with Crippen LogP contribution in [0.15, 0.2) is 83.8 Å². The molecule has 0 saturated carbocycles. The number of carbonyl (C=O) groups is 3. The van der Waals surface area contributed by atoms with Crippen molar-refractivity contribution in [2.45, 2.75) is 56.9 Å². The highest BCUT2D eigenvalue weighted by Gasteiger charge is 2.52. The third-order valence-electron chi connectivity index (χ3n) is 7.00. The average Bonchev–Trinajstić information content (AvgIpc) is 2.94. The van der Waals surface area contributed by atoms with Crippen molar-refractivity contribution in [2.24, 2.45) is 5.41 Å². The zero-order valence-corrected chi connectivity index (χ0v) is 26.0. The zero-order chi connectivity index (χ0) is 33.0. The summed E-state index contributed by atoms with van der Waals surface area (Å²) in [6.45, 7) is 6.09. The molecule has 2 N–H and O–H groups in total. The second kappa shape index (κ2) is 13.2. The average molecular weight is 643 g/mol. The summed E-state index contributed by atoms with van der Waals surface area (Å²) in [5, 5.41) is 11.9. The molecule has 11 nitrogen and oxygen atoms in total. The van der Waals surface area contributed by atoms with Crippen LogP contribution in [0.2, 0.25) is 0 Å². The summed E-state index contributed by atoms with van der Waals surface area (Å²) in [4.78, 5) is 36.2. The Hall–Kier alpha value is -4.49. The van der Waals surface area contributed by atoms with Gasteiger partial charge < -0.3 is 24.6 Å². The van der Waals surface area contributed by atoms with Crippen molar-refractivity contribution in [2.75, 3.05) is 13.1 Å². The van der Waals surface area contributed by atoms with Crippen LogP contribution in [0.4, 0.5) is 9.18 Å². The molecule has 4 rings (SSSR count). The van der Waals surface area contributed by atoms with E-state index in [-0.39, 0.29) is 30.2 Å². The normalized spacial score (nSPS) is 16.0. The lowest BCUT2D eigenvalue weighted by molar-refractivity contribution is -0.174. The quantitative estimate of drug-likeness (QED) is 0.228. The minimum atomic E-state index is -4.05. The Morgan fingerprint density at radius 1 is 0.978 bits per heavy atom. The van der Waals surface area contributed by atoms with E-state index < -0.39 is 57.2 Å². The molecule has 1 aliphatic rings. The molecule has 0 aromatic heterocycles. The first kappa shape index (κ1) is 33.4. The molecule has 45 heavy (non-hydrogen) atoms. The number of carbonyl (C=O) groups excluding carboxylic acids is 2. The largest absolute Gasteiger partial charge is 0.480 e. The fourth-order valence-corrected chi connectivity index (χ4v) is 6.20. The minimum Gasteiger partial charge on any atom is -0.480 e. The van der Waals surface area contributed by atoms with Gasteiger partial charge in [0.25, 0.3) is 0 Å². The Balaban J connectivity index is 1.46. The van der Waals surface area contributed by atoms with Crippen LogP contribution in [0.5, 0.6) is 5.75 Å². The number of carboxylic acid groups (broad SMARTS) is 1. The number of rotatable bonds is 11. The Bertz CT molecular complexity index is 1650. The Kier molecular flexibility index (Phi) is 9.83. The van der Waals surface area contributed by atoms with Crippen molar-refractivity contribution < 1.29 is 46.5 Å². The van der Waals surface area contributed by atoms with E-state index in [2.05, 4.69) is 5.32 Å². The lowest BCUT2D eigenvalue weighted by Gasteiger charge is -2.48. The highest BCUT2D eigenvalue weighted by molar-refractivity contribution is 7.89. The van der Waals surface area contributed by atoms with Crippen LogP contribution in [-0.2, 0) is 41.1 Å². The van der Waals surface area contributed by atoms with Gasteiger partial charge in [0.05, 0.1) is 23.4 Å². The predicted molar refractivity (Wildman–Crippen MR) is 160 cm³/mol. The van der Waals surface area contributed by atoms with Crippen molar-refractivity contribution in [3.63, 3.8) is 0 Å². The molecule has 0 spiro atoms. The number of amides is 1. The van der Waals surface area contributed by atoms with Crippen LogP contribution in [0.25, 0.3) is 0 Å². The summed E-state index contributed by atoms with van der Waals surface area (Å²) >= 11 is 0. The maximum Gasteiger partial charge on any atom is 0.410 e. The van der Waals surface area contributed by atoms with Crippen molar-refractivity contribution in [3.8, 4) is 5.75 Å². The smallest absolute Gasteiger partial charge is 0.410 e. The van der Waals surface area contributed by atoms with Crippen molar-refractivity contribution in [1.29, 1.82) is 0 Å². The molecule has 13 heteroatoms. The van der Waals surface area contributed by atoms with Crippen molar-refractivity contribution in [1.82, 2.24) is 9.62 Å². The maximum atomic E-state index is 13.9. The number of carboxylic acids is 1. The Morgan fingerprint density at radius 2 is 1.64 bits per heavy atom. The van der Waals surface area contributed by atoms with E-state index in [0.717, 1.165) is 5.56 Å². The zero-order valence-electron chi connectivity index (χ0n) is 25.2. The molecule has 3 aromatic carbocycles. The van der Waals surface area contributed by atoms with Gasteiger partial charge in [0.15, 0.2) is 5.60 Å². The number of aliphatic carboxylic acids is 1. The monoisotopic (exact) mass is 642 g/mol. The number of sulfonamides is 1. The number of nitrogens with one attached hydrogen (secondary N) is 1. The second-order valence-corrected chi connectivity index (χ2v) is 13.6. The van der Waals surface area contributed by atoms with Crippen LogP contribution in [0, 0.1) is 11.2 Å². The molecular weight excluding hydrogens is 607 g/mol. The topological polar surface area (TPSA) is 149 Å². The van der Waals surface area contributed by atoms with Gasteiger partial charge >= 0.3 is 18.0 Å². The molecule has 0 bridgehead atoms. The third-order valence-corrected chi connectivity index (χ3v) is 8.79. The van der Waals surface area contributed by atoms with Crippen LogP contribution < -0.4 is 10.1 Å². The minimum absolute atomic E-state index is 0.0524. The molecule has 240 valence electrons. The highest BCUT2D eigenvalue weighted by atomic mass is 32.2. The number of halogens is 1. The second-order valence-electron chi connectivity index (χ2n) is 11.7. The molecule has 2 atom stereocenters. The Labute approximate surface area is 261 Å². The summed E-state index contributed by atoms with van der Waals surface area (Å²) in [5.74, 6) is -2.23. The van der Waals surface area contributed by atoms with Gasteiger partial charge in [-0.25, -0.2) is 22.4 Å². The summed E-state index contributed by atoms with van der Waals surface area (Å²) in [7, 11) is -4.05. The molecule has 1 amide bonds. The van der Waals surface area contributed by atoms with E-state index in [4.69, 9.17) is 14.2 Å². The van der Waals surface area contributed by atoms with E-state index in [0.29, 0.717) is 5.56 Å². The standard InChI is InChI=1S/C32H35FN2O9S/c1-21(42-29(38)31(2,3)4)43-30(39)34-27(28(36)37)17-22-10-8-15-26(16-22)45(40,41)35-19-32(20-35,23-11-6-5-7-12-23)44-25-14-9-13-24(33)18-25/h5-16,18,21,27H,17,19-20H2,1-4H3,(H,34,39)(H,36,37)/t21?,27-/m0/s1. The molecular formula is C32H35FN2O9S. The molecule has 1 fully saturated rings. The number of alkyl carbamates (subject to hydrolysis) is 1. The number of esters is 1. The molecule has 1 unspecified atom stereocenters. The van der Waals surface area contributed by atoms with Gasteiger partial charge in [-0.15, -0.1) is 0 Å². The van der Waals surface area contributed by atoms with E-state index in [9.17, 15) is 32.3 Å². The number of benzene rings is 3. The lowest BCUT2D eigenvalue weighted by Crippen LogP contribution is -2.64. The predicted octanol–water partition coefficient (Wildman–Crippen LogP) is 4.46. The van der Waals surface area contributed by atoms with E-state index >= 15 is 0 Å². The van der Waals surface area contributed by atoms with Gasteiger partial charge in [0, 0.05) is 19.4 Å². The first-order chi connectivity index (χ1) is 21.1. The van der Waals surface area contributed by atoms with Gasteiger partial charge in [-0.2, -0.15) is 4.31 Å². The molecule has 1 aliphatic heterocycles. The molecule has 1 saturated heterocycles. The van der Waals surface area contributed by atoms with E-state index in [1.54, 1.807) is 39.0 Å². The van der Waals surface area contributed by atoms with Gasteiger partial charge in [0.1, 0.15) is 17.6 Å². The fourth-order valence-electron chi connectivity index (χ4n) is 4.59. The van der Waals surface area contributed by atoms with Crippen LogP contribution in [0.1, 0.15) is 38.8 Å². The van der Waals surface area contributed by atoms with Crippen molar-refractivity contribution in [3.05, 3.63) is 95.8 Å². The molecule has 0 aliphatic carbocycles. The molecule has 0 radical (unpaired) electrons. The first-order valence-electron chi connectivity index (χ1n) is 14.1. The number of hydrogen-bond acceptors (Lipinski definition) is 8. The van der Waals surface area contributed by atoms with Crippen LogP contribution >= 0.6 is 0 Å². The van der Waals surface area contributed by atoms with Gasteiger partial charge in [-0.1, -0.05) is 48.5 Å². The summed E-state index contributed by atoms with van der Waals surface area (Å²) < 4.78 is 58.6. The van der Waals surface area contributed by atoms with Crippen molar-refractivity contribution >= 4 is 28.1 Å². The summed E-state index contributed by atoms with van der Waals surface area (Å²) in [6, 6.07) is 18.9. The fraction of sp³-hybridized carbons (Fsp3) is 0.344. The van der Waals surface area contributed by atoms with E-state index in [1.165, 1.54) is 53.7 Å². The number of ether oxygens (including phenoxy) is 3. The van der Waals surface area contributed by atoms with Gasteiger partial charge in [-0.05, 0) is 56.2 Å². The Morgan fingerprint density at radius 3 is 2.27 bits per heavy atom. The SMILES string of the molecule is CC(OC(=O)N[C@@H](Cc1cccc(S(=O)(=O)N2CC(Oc3cccc(F)c3)(c3ccccc3)C2)c1)C(=O)O)OC(=O)C(C)(C)C.